The van der Waals surface area contributed by atoms with E-state index in [9.17, 15) is 14.0 Å². The zero-order chi connectivity index (χ0) is 21.3. The van der Waals surface area contributed by atoms with E-state index in [1.165, 1.54) is 29.7 Å². The second-order valence-corrected chi connectivity index (χ2v) is 7.32. The molecule has 0 aliphatic heterocycles. The number of anilines is 1. The molecule has 4 aromatic rings. The summed E-state index contributed by atoms with van der Waals surface area (Å²) >= 11 is 1.21. The van der Waals surface area contributed by atoms with Crippen molar-refractivity contribution < 1.29 is 18.7 Å². The van der Waals surface area contributed by atoms with Crippen LogP contribution in [0.3, 0.4) is 0 Å². The second-order valence-electron chi connectivity index (χ2n) is 6.46. The van der Waals surface area contributed by atoms with E-state index in [-0.39, 0.29) is 11.3 Å². The highest BCUT2D eigenvalue weighted by atomic mass is 32.1. The van der Waals surface area contributed by atoms with Gasteiger partial charge in [0.15, 0.2) is 16.7 Å². The molecule has 0 saturated carbocycles. The summed E-state index contributed by atoms with van der Waals surface area (Å²) in [6.45, 7) is 1.77. The van der Waals surface area contributed by atoms with Gasteiger partial charge in [-0.05, 0) is 36.8 Å². The van der Waals surface area contributed by atoms with Crippen LogP contribution in [0, 0.1) is 12.7 Å². The maximum Gasteiger partial charge on any atom is 0.243 e. The van der Waals surface area contributed by atoms with Gasteiger partial charge in [-0.15, -0.1) is 11.3 Å². The summed E-state index contributed by atoms with van der Waals surface area (Å²) in [5.41, 5.74) is 6.85. The first-order valence-corrected chi connectivity index (χ1v) is 9.72. The Labute approximate surface area is 173 Å². The van der Waals surface area contributed by atoms with Crippen molar-refractivity contribution in [1.82, 2.24) is 15.0 Å². The number of hydrogen-bond donors (Lipinski definition) is 3. The summed E-state index contributed by atoms with van der Waals surface area (Å²) in [7, 11) is 0. The zero-order valence-electron chi connectivity index (χ0n) is 15.7. The number of nitrogens with two attached hydrogens (primary N) is 1. The molecule has 10 heteroatoms. The van der Waals surface area contributed by atoms with Gasteiger partial charge in [0.2, 0.25) is 11.8 Å². The molecule has 2 amide bonds. The number of H-pyrrole nitrogens is 1. The Morgan fingerprint density at radius 1 is 1.27 bits per heavy atom. The number of carbonyl (C=O) groups is 2. The molecule has 0 aliphatic carbocycles. The molecule has 0 radical (unpaired) electrons. The van der Waals surface area contributed by atoms with E-state index in [1.807, 2.05) is 0 Å². The maximum absolute atomic E-state index is 14.7. The number of aryl methyl sites for hydroxylation is 1. The van der Waals surface area contributed by atoms with Crippen molar-refractivity contribution in [3.05, 3.63) is 65.2 Å². The van der Waals surface area contributed by atoms with Crippen molar-refractivity contribution in [2.24, 2.45) is 5.73 Å². The third kappa shape index (κ3) is 3.85. The lowest BCUT2D eigenvalue weighted by atomic mass is 9.97. The molecule has 0 aliphatic rings. The van der Waals surface area contributed by atoms with Gasteiger partial charge in [0, 0.05) is 17.8 Å². The lowest BCUT2D eigenvalue weighted by molar-refractivity contribution is -0.127. The number of halogens is 1. The van der Waals surface area contributed by atoms with Crippen LogP contribution in [0.2, 0.25) is 0 Å². The molecule has 1 atom stereocenters. The predicted octanol–water partition coefficient (Wildman–Crippen LogP) is 3.47. The number of nitrogens with one attached hydrogen (secondary N) is 2. The highest BCUT2D eigenvalue weighted by molar-refractivity contribution is 7.13. The normalized spacial score (nSPS) is 11.9. The molecule has 0 fully saturated rings. The van der Waals surface area contributed by atoms with Crippen molar-refractivity contribution in [3.8, 4) is 11.5 Å². The maximum atomic E-state index is 14.7. The van der Waals surface area contributed by atoms with Gasteiger partial charge in [-0.2, -0.15) is 0 Å². The van der Waals surface area contributed by atoms with E-state index in [0.29, 0.717) is 21.9 Å². The van der Waals surface area contributed by atoms with Gasteiger partial charge in [-0.1, -0.05) is 6.07 Å². The smallest absolute Gasteiger partial charge is 0.243 e. The molecule has 0 saturated heterocycles. The van der Waals surface area contributed by atoms with Crippen molar-refractivity contribution >= 4 is 39.3 Å². The first-order chi connectivity index (χ1) is 14.4. The van der Waals surface area contributed by atoms with E-state index in [4.69, 9.17) is 10.5 Å². The lowest BCUT2D eigenvalue weighted by Gasteiger charge is -2.14. The number of thiazole rings is 1. The van der Waals surface area contributed by atoms with Crippen LogP contribution in [0.25, 0.3) is 11.0 Å². The minimum absolute atomic E-state index is 0.0633. The Bertz CT molecular complexity index is 1250. The summed E-state index contributed by atoms with van der Waals surface area (Å²) in [6.07, 6.45) is 3.23. The van der Waals surface area contributed by atoms with Crippen molar-refractivity contribution in [3.63, 3.8) is 0 Å². The summed E-state index contributed by atoms with van der Waals surface area (Å²) in [6, 6.07) is 7.21. The van der Waals surface area contributed by atoms with Crippen LogP contribution in [0.1, 0.15) is 17.2 Å². The fourth-order valence-corrected chi connectivity index (χ4v) is 3.65. The molecule has 3 aromatic heterocycles. The van der Waals surface area contributed by atoms with Gasteiger partial charge in [-0.25, -0.2) is 14.4 Å². The fourth-order valence-electron chi connectivity index (χ4n) is 2.96. The molecule has 0 spiro atoms. The van der Waals surface area contributed by atoms with Gasteiger partial charge in [0.05, 0.1) is 11.1 Å². The van der Waals surface area contributed by atoms with Crippen LogP contribution in [-0.2, 0) is 9.59 Å². The summed E-state index contributed by atoms with van der Waals surface area (Å²) in [5.74, 6) is -3.36. The van der Waals surface area contributed by atoms with Gasteiger partial charge in [-0.3, -0.25) is 9.59 Å². The molecule has 30 heavy (non-hydrogen) atoms. The minimum Gasteiger partial charge on any atom is -0.453 e. The number of nitrogens with zero attached hydrogens (tertiary/aromatic N) is 2. The van der Waals surface area contributed by atoms with Crippen molar-refractivity contribution in [2.75, 3.05) is 5.32 Å². The predicted molar refractivity (Wildman–Crippen MR) is 110 cm³/mol. The SMILES string of the molecule is Cc1csc(NC(=O)C(C(N)=O)c2ccc(Oc3ccnc4[nH]ccc34)c(F)c2)n1. The fraction of sp³-hybridized carbons (Fsp3) is 0.100. The Hall–Kier alpha value is -3.79. The molecule has 3 heterocycles. The number of pyridine rings is 1. The number of fused-ring (bicyclic) bond motifs is 1. The lowest BCUT2D eigenvalue weighted by Crippen LogP contribution is -2.32. The monoisotopic (exact) mass is 425 g/mol. The molecular formula is C20H16FN5O3S. The summed E-state index contributed by atoms with van der Waals surface area (Å²) in [5, 5.41) is 5.31. The van der Waals surface area contributed by atoms with Crippen LogP contribution in [0.5, 0.6) is 11.5 Å². The van der Waals surface area contributed by atoms with E-state index >= 15 is 0 Å². The van der Waals surface area contributed by atoms with E-state index in [0.717, 1.165) is 11.8 Å². The number of aromatic amines is 1. The second kappa shape index (κ2) is 7.91. The highest BCUT2D eigenvalue weighted by Crippen LogP contribution is 2.31. The highest BCUT2D eigenvalue weighted by Gasteiger charge is 2.28. The summed E-state index contributed by atoms with van der Waals surface area (Å²) < 4.78 is 20.4. The van der Waals surface area contributed by atoms with Gasteiger partial charge >= 0.3 is 0 Å². The molecular weight excluding hydrogens is 409 g/mol. The van der Waals surface area contributed by atoms with Crippen LogP contribution < -0.4 is 15.8 Å². The Morgan fingerprint density at radius 3 is 2.80 bits per heavy atom. The third-order valence-corrected chi connectivity index (χ3v) is 5.20. The molecule has 152 valence electrons. The molecule has 1 unspecified atom stereocenters. The Morgan fingerprint density at radius 2 is 2.10 bits per heavy atom. The quantitative estimate of drug-likeness (QED) is 0.408. The zero-order valence-corrected chi connectivity index (χ0v) is 16.5. The van der Waals surface area contributed by atoms with E-state index < -0.39 is 23.5 Å². The van der Waals surface area contributed by atoms with Crippen molar-refractivity contribution in [2.45, 2.75) is 12.8 Å². The topological polar surface area (TPSA) is 123 Å². The number of carbonyl (C=O) groups excluding carboxylic acids is 2. The number of benzene rings is 1. The number of hydrogen-bond acceptors (Lipinski definition) is 6. The van der Waals surface area contributed by atoms with Crippen molar-refractivity contribution in [1.29, 1.82) is 0 Å². The van der Waals surface area contributed by atoms with E-state index in [2.05, 4.69) is 20.3 Å². The average Bonchev–Trinajstić information content (AvgIpc) is 3.33. The molecule has 4 N–H and O–H groups in total. The van der Waals surface area contributed by atoms with Crippen LogP contribution in [0.4, 0.5) is 9.52 Å². The van der Waals surface area contributed by atoms with E-state index in [1.54, 1.807) is 30.6 Å². The standard InChI is InChI=1S/C20H16FN5O3S/c1-10-9-30-20(25-10)26-19(28)16(17(22)27)11-2-3-15(13(21)8-11)29-14-5-7-24-18-12(14)4-6-23-18/h2-9,16H,1H3,(H2,22,27)(H,23,24)(H,25,26,28). The molecule has 0 bridgehead atoms. The minimum atomic E-state index is -1.38. The first-order valence-electron chi connectivity index (χ1n) is 8.84. The van der Waals surface area contributed by atoms with Crippen LogP contribution in [0.15, 0.2) is 48.1 Å². The molecule has 1 aromatic carbocycles. The third-order valence-electron chi connectivity index (χ3n) is 4.33. The first kappa shape index (κ1) is 19.5. The average molecular weight is 425 g/mol. The number of primary amides is 1. The van der Waals surface area contributed by atoms with Gasteiger partial charge < -0.3 is 20.8 Å². The molecule has 4 rings (SSSR count). The number of rotatable bonds is 6. The molecule has 8 nitrogen and oxygen atoms in total. The Kier molecular flexibility index (Phi) is 5.15. The number of amides is 2. The van der Waals surface area contributed by atoms with Crippen LogP contribution >= 0.6 is 11.3 Å². The van der Waals surface area contributed by atoms with Gasteiger partial charge in [0.25, 0.3) is 0 Å². The number of aromatic nitrogens is 3. The summed E-state index contributed by atoms with van der Waals surface area (Å²) in [4.78, 5) is 35.7. The van der Waals surface area contributed by atoms with Gasteiger partial charge in [0.1, 0.15) is 17.3 Å². The van der Waals surface area contributed by atoms with Crippen LogP contribution in [-0.4, -0.2) is 26.8 Å². The largest absolute Gasteiger partial charge is 0.453 e. The Balaban J connectivity index is 1.59. The number of ether oxygens (including phenoxy) is 1.